The maximum Gasteiger partial charge on any atom is 0.265 e. The van der Waals surface area contributed by atoms with Crippen molar-refractivity contribution in [1.82, 2.24) is 5.43 Å². The number of nitrogens with zero attached hydrogens (tertiary/aromatic N) is 1. The Morgan fingerprint density at radius 1 is 1.62 bits per heavy atom. The van der Waals surface area contributed by atoms with E-state index in [0.29, 0.717) is 16.9 Å². The van der Waals surface area contributed by atoms with E-state index in [1.807, 2.05) is 11.5 Å². The zero-order valence-corrected chi connectivity index (χ0v) is 8.73. The highest BCUT2D eigenvalue weighted by molar-refractivity contribution is 5.97. The fourth-order valence-corrected chi connectivity index (χ4v) is 1.21. The minimum absolute atomic E-state index is 0.355. The summed E-state index contributed by atoms with van der Waals surface area (Å²) in [4.78, 5) is 11.5. The monoisotopic (exact) mass is 217 g/mol. The number of carbonyl (C=O) groups is 1. The number of benzene rings is 1. The van der Waals surface area contributed by atoms with Gasteiger partial charge in [0.15, 0.2) is 0 Å². The summed E-state index contributed by atoms with van der Waals surface area (Å²) in [5, 5.41) is 8.43. The Bertz CT molecular complexity index is 461. The van der Waals surface area contributed by atoms with E-state index in [0.717, 1.165) is 0 Å². The standard InChI is InChI=1S/C11H11N3O2/c1-16-9-5-4-8(3-2-6-12)10(7-9)11(15)14-13/h2-5,7H,13H2,1H3,(H,14,15). The molecule has 3 N–H and O–H groups in total. The molecule has 82 valence electrons. The molecule has 0 atom stereocenters. The zero-order chi connectivity index (χ0) is 12.0. The molecule has 0 radical (unpaired) electrons. The number of rotatable bonds is 3. The van der Waals surface area contributed by atoms with Gasteiger partial charge in [-0.25, -0.2) is 5.84 Å². The lowest BCUT2D eigenvalue weighted by Crippen LogP contribution is -2.30. The Labute approximate surface area is 93.1 Å². The fraction of sp³-hybridized carbons (Fsp3) is 0.0909. The third-order valence-electron chi connectivity index (χ3n) is 1.97. The van der Waals surface area contributed by atoms with Crippen molar-refractivity contribution in [1.29, 1.82) is 5.26 Å². The van der Waals surface area contributed by atoms with Gasteiger partial charge >= 0.3 is 0 Å². The summed E-state index contributed by atoms with van der Waals surface area (Å²) in [6, 6.07) is 6.79. The van der Waals surface area contributed by atoms with Crippen LogP contribution in [-0.4, -0.2) is 13.0 Å². The third-order valence-corrected chi connectivity index (χ3v) is 1.97. The molecule has 0 bridgehead atoms. The second-order valence-electron chi connectivity index (χ2n) is 2.89. The SMILES string of the molecule is COc1ccc(C=CC#N)c(C(=O)NN)c1. The van der Waals surface area contributed by atoms with E-state index in [4.69, 9.17) is 15.8 Å². The maximum atomic E-state index is 11.5. The van der Waals surface area contributed by atoms with E-state index in [9.17, 15) is 4.79 Å². The molecular weight excluding hydrogens is 206 g/mol. The van der Waals surface area contributed by atoms with E-state index in [1.165, 1.54) is 19.3 Å². The molecule has 5 heteroatoms. The first-order valence-corrected chi connectivity index (χ1v) is 4.48. The normalized spacial score (nSPS) is 9.81. The number of allylic oxidation sites excluding steroid dienone is 1. The first kappa shape index (κ1) is 11.8. The molecule has 16 heavy (non-hydrogen) atoms. The molecule has 1 rings (SSSR count). The molecule has 0 unspecified atom stereocenters. The lowest BCUT2D eigenvalue weighted by atomic mass is 10.1. The summed E-state index contributed by atoms with van der Waals surface area (Å²) in [5.41, 5.74) is 3.00. The minimum Gasteiger partial charge on any atom is -0.497 e. The van der Waals surface area contributed by atoms with Crippen molar-refractivity contribution in [3.8, 4) is 11.8 Å². The number of ether oxygens (including phenoxy) is 1. The van der Waals surface area contributed by atoms with Crippen LogP contribution in [-0.2, 0) is 0 Å². The number of hydrazine groups is 1. The molecule has 1 aromatic rings. The number of nitrogens with one attached hydrogen (secondary N) is 1. The first-order valence-electron chi connectivity index (χ1n) is 4.48. The predicted molar refractivity (Wildman–Crippen MR) is 59.3 cm³/mol. The smallest absolute Gasteiger partial charge is 0.265 e. The summed E-state index contributed by atoms with van der Waals surface area (Å²) in [6.45, 7) is 0. The summed E-state index contributed by atoms with van der Waals surface area (Å²) in [5.74, 6) is 5.18. The number of nitrogens with two attached hydrogens (primary N) is 1. The zero-order valence-electron chi connectivity index (χ0n) is 8.73. The Balaban J connectivity index is 3.22. The fourth-order valence-electron chi connectivity index (χ4n) is 1.21. The number of hydrogen-bond donors (Lipinski definition) is 2. The number of nitrogen functional groups attached to an aromatic ring is 1. The molecule has 0 fully saturated rings. The van der Waals surface area contributed by atoms with Crippen LogP contribution in [0.1, 0.15) is 15.9 Å². The molecule has 0 saturated heterocycles. The van der Waals surface area contributed by atoms with Gasteiger partial charge in [-0.3, -0.25) is 10.2 Å². The third kappa shape index (κ3) is 2.59. The van der Waals surface area contributed by atoms with Crippen LogP contribution in [0.5, 0.6) is 5.75 Å². The average molecular weight is 217 g/mol. The van der Waals surface area contributed by atoms with Gasteiger partial charge in [0.05, 0.1) is 18.7 Å². The van der Waals surface area contributed by atoms with Crippen LogP contribution in [0.3, 0.4) is 0 Å². The van der Waals surface area contributed by atoms with Gasteiger partial charge in [0.25, 0.3) is 5.91 Å². The van der Waals surface area contributed by atoms with Gasteiger partial charge in [-0.05, 0) is 23.8 Å². The molecule has 5 nitrogen and oxygen atoms in total. The van der Waals surface area contributed by atoms with Crippen molar-refractivity contribution in [2.24, 2.45) is 5.84 Å². The summed E-state index contributed by atoms with van der Waals surface area (Å²) < 4.78 is 5.00. The molecule has 0 heterocycles. The van der Waals surface area contributed by atoms with Crippen molar-refractivity contribution in [2.75, 3.05) is 7.11 Å². The second-order valence-corrected chi connectivity index (χ2v) is 2.89. The Morgan fingerprint density at radius 3 is 2.94 bits per heavy atom. The van der Waals surface area contributed by atoms with E-state index < -0.39 is 5.91 Å². The predicted octanol–water partition coefficient (Wildman–Crippen LogP) is 0.835. The van der Waals surface area contributed by atoms with E-state index in [-0.39, 0.29) is 0 Å². The first-order chi connectivity index (χ1) is 7.72. The van der Waals surface area contributed by atoms with E-state index in [1.54, 1.807) is 18.2 Å². The molecule has 0 aliphatic heterocycles. The second kappa shape index (κ2) is 5.53. The number of hydrogen-bond acceptors (Lipinski definition) is 4. The highest BCUT2D eigenvalue weighted by Crippen LogP contribution is 2.18. The van der Waals surface area contributed by atoms with Crippen LogP contribution >= 0.6 is 0 Å². The number of amides is 1. The highest BCUT2D eigenvalue weighted by atomic mass is 16.5. The maximum absolute atomic E-state index is 11.5. The Hall–Kier alpha value is -2.32. The topological polar surface area (TPSA) is 88.1 Å². The number of nitriles is 1. The molecular formula is C11H11N3O2. The molecule has 0 aliphatic carbocycles. The van der Waals surface area contributed by atoms with E-state index >= 15 is 0 Å². The lowest BCUT2D eigenvalue weighted by Gasteiger charge is -2.06. The Kier molecular flexibility index (Phi) is 4.07. The van der Waals surface area contributed by atoms with Crippen LogP contribution in [0, 0.1) is 11.3 Å². The number of carbonyl (C=O) groups excluding carboxylic acids is 1. The molecule has 0 aromatic heterocycles. The van der Waals surface area contributed by atoms with Crippen molar-refractivity contribution >= 4 is 12.0 Å². The van der Waals surface area contributed by atoms with Crippen LogP contribution in [0.15, 0.2) is 24.3 Å². The summed E-state index contributed by atoms with van der Waals surface area (Å²) >= 11 is 0. The van der Waals surface area contributed by atoms with Gasteiger partial charge in [0, 0.05) is 6.08 Å². The van der Waals surface area contributed by atoms with E-state index in [2.05, 4.69) is 0 Å². The average Bonchev–Trinajstić information content (AvgIpc) is 2.35. The van der Waals surface area contributed by atoms with Crippen molar-refractivity contribution < 1.29 is 9.53 Å². The van der Waals surface area contributed by atoms with Gasteiger partial charge in [0.2, 0.25) is 0 Å². The summed E-state index contributed by atoms with van der Waals surface area (Å²) in [7, 11) is 1.50. The molecule has 1 aromatic carbocycles. The molecule has 0 spiro atoms. The van der Waals surface area contributed by atoms with Gasteiger partial charge in [0.1, 0.15) is 5.75 Å². The lowest BCUT2D eigenvalue weighted by molar-refractivity contribution is 0.0953. The van der Waals surface area contributed by atoms with Crippen LogP contribution < -0.4 is 16.0 Å². The van der Waals surface area contributed by atoms with Crippen molar-refractivity contribution in [2.45, 2.75) is 0 Å². The van der Waals surface area contributed by atoms with Gasteiger partial charge in [-0.2, -0.15) is 5.26 Å². The van der Waals surface area contributed by atoms with Gasteiger partial charge in [-0.15, -0.1) is 0 Å². The summed E-state index contributed by atoms with van der Waals surface area (Å²) in [6.07, 6.45) is 2.82. The Morgan fingerprint density at radius 2 is 2.38 bits per heavy atom. The minimum atomic E-state index is -0.434. The van der Waals surface area contributed by atoms with Gasteiger partial charge < -0.3 is 4.74 Å². The quantitative estimate of drug-likeness (QED) is 0.340. The van der Waals surface area contributed by atoms with Gasteiger partial charge in [-0.1, -0.05) is 6.07 Å². The van der Waals surface area contributed by atoms with Crippen molar-refractivity contribution in [3.63, 3.8) is 0 Å². The number of methoxy groups -OCH3 is 1. The van der Waals surface area contributed by atoms with Crippen LogP contribution in [0.4, 0.5) is 0 Å². The largest absolute Gasteiger partial charge is 0.497 e. The molecule has 0 saturated carbocycles. The molecule has 0 aliphatic rings. The van der Waals surface area contributed by atoms with Crippen molar-refractivity contribution in [3.05, 3.63) is 35.4 Å². The van der Waals surface area contributed by atoms with Crippen LogP contribution in [0.2, 0.25) is 0 Å². The highest BCUT2D eigenvalue weighted by Gasteiger charge is 2.09. The van der Waals surface area contributed by atoms with Crippen LogP contribution in [0.25, 0.3) is 6.08 Å². The molecule has 1 amide bonds.